The summed E-state index contributed by atoms with van der Waals surface area (Å²) in [7, 11) is 0. The van der Waals surface area contributed by atoms with Crippen molar-refractivity contribution in [3.8, 4) is 0 Å². The number of carbonyl (C=O) groups excluding carboxylic acids is 3. The van der Waals surface area contributed by atoms with Gasteiger partial charge in [0.15, 0.2) is 6.61 Å². The zero-order valence-electron chi connectivity index (χ0n) is 16.6. The molecule has 3 aromatic rings. The third-order valence-electron chi connectivity index (χ3n) is 5.49. The van der Waals surface area contributed by atoms with Gasteiger partial charge in [0.05, 0.1) is 23.0 Å². The largest absolute Gasteiger partial charge is 0.465 e. The molecule has 1 fully saturated rings. The number of hydrogen-bond acceptors (Lipinski definition) is 6. The molecular formula is C23H19N3O5. The van der Waals surface area contributed by atoms with Crippen molar-refractivity contribution in [1.82, 2.24) is 15.2 Å². The number of ether oxygens (including phenoxy) is 1. The van der Waals surface area contributed by atoms with Gasteiger partial charge in [0.2, 0.25) is 0 Å². The Bertz CT molecular complexity index is 1230. The van der Waals surface area contributed by atoms with Gasteiger partial charge in [-0.15, -0.1) is 0 Å². The van der Waals surface area contributed by atoms with Crippen molar-refractivity contribution < 1.29 is 23.5 Å². The van der Waals surface area contributed by atoms with Crippen LogP contribution in [-0.4, -0.2) is 47.5 Å². The van der Waals surface area contributed by atoms with Crippen molar-refractivity contribution in [3.05, 3.63) is 65.2 Å². The molecule has 1 aromatic carbocycles. The van der Waals surface area contributed by atoms with E-state index in [1.807, 2.05) is 42.5 Å². The predicted molar refractivity (Wildman–Crippen MR) is 112 cm³/mol. The lowest BCUT2D eigenvalue weighted by Gasteiger charge is -2.14. The van der Waals surface area contributed by atoms with E-state index in [-0.39, 0.29) is 6.54 Å². The van der Waals surface area contributed by atoms with Crippen LogP contribution in [0.25, 0.3) is 22.6 Å². The molecule has 2 aliphatic rings. The lowest BCUT2D eigenvalue weighted by Crippen LogP contribution is -2.37. The van der Waals surface area contributed by atoms with Crippen LogP contribution in [0.1, 0.15) is 33.8 Å². The summed E-state index contributed by atoms with van der Waals surface area (Å²) in [5.41, 5.74) is 3.61. The van der Waals surface area contributed by atoms with Crippen LogP contribution < -0.4 is 5.32 Å². The number of urea groups is 1. The third kappa shape index (κ3) is 3.46. The van der Waals surface area contributed by atoms with Gasteiger partial charge in [-0.1, -0.05) is 18.2 Å². The Morgan fingerprint density at radius 3 is 2.84 bits per heavy atom. The SMILES string of the molecule is O=C(OCC(=O)N1CCNC1=O)c1c2c(nc3ccccc13)/C(=C/c1ccco1)CC2. The number of furan rings is 1. The van der Waals surface area contributed by atoms with Crippen molar-refractivity contribution in [2.24, 2.45) is 0 Å². The summed E-state index contributed by atoms with van der Waals surface area (Å²) in [5.74, 6) is -0.421. The summed E-state index contributed by atoms with van der Waals surface area (Å²) < 4.78 is 10.8. The number of esters is 1. The first kappa shape index (κ1) is 19.0. The first-order chi connectivity index (χ1) is 15.1. The molecule has 0 atom stereocenters. The third-order valence-corrected chi connectivity index (χ3v) is 5.49. The van der Waals surface area contributed by atoms with Crippen LogP contribution in [0, 0.1) is 0 Å². The molecule has 0 radical (unpaired) electrons. The highest BCUT2D eigenvalue weighted by Crippen LogP contribution is 2.37. The molecule has 8 nitrogen and oxygen atoms in total. The molecule has 1 saturated heterocycles. The molecule has 3 heterocycles. The minimum Gasteiger partial charge on any atom is -0.465 e. The Hall–Kier alpha value is -3.94. The number of allylic oxidation sites excluding steroid dienone is 1. The first-order valence-corrected chi connectivity index (χ1v) is 10.0. The van der Waals surface area contributed by atoms with E-state index in [0.29, 0.717) is 35.9 Å². The second-order valence-corrected chi connectivity index (χ2v) is 7.37. The van der Waals surface area contributed by atoms with Crippen LogP contribution in [0.15, 0.2) is 47.1 Å². The number of fused-ring (bicyclic) bond motifs is 2. The highest BCUT2D eigenvalue weighted by molar-refractivity contribution is 6.08. The number of pyridine rings is 1. The molecule has 0 bridgehead atoms. The van der Waals surface area contributed by atoms with Crippen LogP contribution in [0.5, 0.6) is 0 Å². The van der Waals surface area contributed by atoms with Crippen LogP contribution in [-0.2, 0) is 16.0 Å². The predicted octanol–water partition coefficient (Wildman–Crippen LogP) is 3.02. The number of carbonyl (C=O) groups is 3. The van der Waals surface area contributed by atoms with Crippen LogP contribution in [0.4, 0.5) is 4.79 Å². The fourth-order valence-corrected chi connectivity index (χ4v) is 4.04. The summed E-state index contributed by atoms with van der Waals surface area (Å²) in [6.07, 6.45) is 4.88. The average molecular weight is 417 g/mol. The van der Waals surface area contributed by atoms with Gasteiger partial charge in [0, 0.05) is 18.5 Å². The van der Waals surface area contributed by atoms with Crippen molar-refractivity contribution in [2.75, 3.05) is 19.7 Å². The van der Waals surface area contributed by atoms with Crippen LogP contribution >= 0.6 is 0 Å². The maximum Gasteiger partial charge on any atom is 0.339 e. The summed E-state index contributed by atoms with van der Waals surface area (Å²) in [6, 6.07) is 10.6. The lowest BCUT2D eigenvalue weighted by atomic mass is 10.0. The van der Waals surface area contributed by atoms with E-state index in [1.165, 1.54) is 0 Å². The van der Waals surface area contributed by atoms with E-state index in [4.69, 9.17) is 14.1 Å². The molecule has 3 amide bonds. The number of nitrogens with one attached hydrogen (secondary N) is 1. The fourth-order valence-electron chi connectivity index (χ4n) is 4.04. The lowest BCUT2D eigenvalue weighted by molar-refractivity contribution is -0.130. The number of benzene rings is 1. The monoisotopic (exact) mass is 417 g/mol. The smallest absolute Gasteiger partial charge is 0.339 e. The van der Waals surface area contributed by atoms with E-state index in [0.717, 1.165) is 27.5 Å². The van der Waals surface area contributed by atoms with Gasteiger partial charge in [-0.05, 0) is 48.3 Å². The van der Waals surface area contributed by atoms with E-state index < -0.39 is 24.5 Å². The van der Waals surface area contributed by atoms with Crippen LogP contribution in [0.3, 0.4) is 0 Å². The highest BCUT2D eigenvalue weighted by Gasteiger charge is 2.30. The van der Waals surface area contributed by atoms with Gasteiger partial charge in [0.25, 0.3) is 5.91 Å². The number of rotatable bonds is 4. The molecule has 31 heavy (non-hydrogen) atoms. The normalized spacial score (nSPS) is 16.6. The molecule has 156 valence electrons. The topological polar surface area (TPSA) is 102 Å². The molecular weight excluding hydrogens is 398 g/mol. The van der Waals surface area contributed by atoms with Crippen molar-refractivity contribution in [3.63, 3.8) is 0 Å². The van der Waals surface area contributed by atoms with Gasteiger partial charge in [-0.25, -0.2) is 14.6 Å². The average Bonchev–Trinajstić information content (AvgIpc) is 3.53. The molecule has 1 aliphatic heterocycles. The molecule has 1 N–H and O–H groups in total. The molecule has 0 spiro atoms. The Kier molecular flexibility index (Phi) is 4.74. The van der Waals surface area contributed by atoms with E-state index >= 15 is 0 Å². The second-order valence-electron chi connectivity index (χ2n) is 7.37. The van der Waals surface area contributed by atoms with Crippen molar-refractivity contribution >= 4 is 40.5 Å². The standard InChI is InChI=1S/C23H19N3O5/c27-19(26-10-9-24-23(26)29)13-31-22(28)20-16-5-1-2-6-18(16)25-21-14(7-8-17(20)21)12-15-4-3-11-30-15/h1-6,11-12H,7-10,13H2,(H,24,29)/b14-12+. The van der Waals surface area contributed by atoms with Gasteiger partial charge in [0.1, 0.15) is 5.76 Å². The van der Waals surface area contributed by atoms with Crippen molar-refractivity contribution in [2.45, 2.75) is 12.8 Å². The number of imide groups is 1. The van der Waals surface area contributed by atoms with E-state index in [9.17, 15) is 14.4 Å². The fraction of sp³-hybridized carbons (Fsp3) is 0.217. The number of aromatic nitrogens is 1. The number of para-hydroxylation sites is 1. The van der Waals surface area contributed by atoms with E-state index in [2.05, 4.69) is 5.32 Å². The molecule has 2 aromatic heterocycles. The maximum absolute atomic E-state index is 13.1. The zero-order chi connectivity index (χ0) is 21.4. The number of hydrogen-bond donors (Lipinski definition) is 1. The Morgan fingerprint density at radius 1 is 1.19 bits per heavy atom. The number of nitrogens with zero attached hydrogens (tertiary/aromatic N) is 2. The van der Waals surface area contributed by atoms with E-state index in [1.54, 1.807) is 6.26 Å². The van der Waals surface area contributed by atoms with Crippen LogP contribution in [0.2, 0.25) is 0 Å². The molecule has 0 saturated carbocycles. The van der Waals surface area contributed by atoms with Gasteiger partial charge in [-0.3, -0.25) is 9.69 Å². The maximum atomic E-state index is 13.1. The number of amides is 3. The molecule has 8 heteroatoms. The van der Waals surface area contributed by atoms with Gasteiger partial charge in [-0.2, -0.15) is 0 Å². The minimum atomic E-state index is -0.595. The van der Waals surface area contributed by atoms with Crippen molar-refractivity contribution in [1.29, 1.82) is 0 Å². The highest BCUT2D eigenvalue weighted by atomic mass is 16.5. The Balaban J connectivity index is 1.49. The van der Waals surface area contributed by atoms with Gasteiger partial charge >= 0.3 is 12.0 Å². The van der Waals surface area contributed by atoms with Gasteiger partial charge < -0.3 is 14.5 Å². The first-order valence-electron chi connectivity index (χ1n) is 10.0. The molecule has 5 rings (SSSR count). The summed E-state index contributed by atoms with van der Waals surface area (Å²) in [4.78, 5) is 42.8. The summed E-state index contributed by atoms with van der Waals surface area (Å²) in [5, 5.41) is 3.23. The zero-order valence-corrected chi connectivity index (χ0v) is 16.6. The minimum absolute atomic E-state index is 0.268. The summed E-state index contributed by atoms with van der Waals surface area (Å²) >= 11 is 0. The Morgan fingerprint density at radius 2 is 2.06 bits per heavy atom. The quantitative estimate of drug-likeness (QED) is 0.655. The summed E-state index contributed by atoms with van der Waals surface area (Å²) in [6.45, 7) is 0.169. The molecule has 0 unspecified atom stereocenters. The molecule has 1 aliphatic carbocycles. The Labute approximate surface area is 177 Å². The second kappa shape index (κ2) is 7.71.